The van der Waals surface area contributed by atoms with Gasteiger partial charge in [-0.25, -0.2) is 0 Å². The van der Waals surface area contributed by atoms with E-state index in [9.17, 15) is 4.79 Å². The van der Waals surface area contributed by atoms with Gasteiger partial charge in [0.05, 0.1) is 20.6 Å². The lowest BCUT2D eigenvalue weighted by Crippen LogP contribution is -1.98. The van der Waals surface area contributed by atoms with E-state index in [0.717, 1.165) is 5.56 Å². The Morgan fingerprint density at radius 2 is 1.79 bits per heavy atom. The Morgan fingerprint density at radius 1 is 1.00 bits per heavy atom. The van der Waals surface area contributed by atoms with E-state index in [0.29, 0.717) is 32.7 Å². The van der Waals surface area contributed by atoms with Crippen LogP contribution in [0.3, 0.4) is 0 Å². The molecule has 0 aromatic heterocycles. The van der Waals surface area contributed by atoms with Crippen LogP contribution in [0.15, 0.2) is 36.4 Å². The average Bonchev–Trinajstić information content (AvgIpc) is 2.40. The van der Waals surface area contributed by atoms with E-state index in [1.54, 1.807) is 36.4 Å². The predicted molar refractivity (Wildman–Crippen MR) is 77.6 cm³/mol. The number of halogens is 3. The van der Waals surface area contributed by atoms with Gasteiger partial charge in [-0.1, -0.05) is 46.9 Å². The van der Waals surface area contributed by atoms with Crippen LogP contribution >= 0.6 is 34.8 Å². The molecule has 98 valence electrons. The SMILES string of the molecule is O=Cc1c(Cl)cccc1OCc1ccc(Cl)c(Cl)c1. The van der Waals surface area contributed by atoms with Crippen LogP contribution < -0.4 is 4.74 Å². The molecule has 0 aliphatic rings. The van der Waals surface area contributed by atoms with Gasteiger partial charge in [-0.3, -0.25) is 4.79 Å². The van der Waals surface area contributed by atoms with E-state index in [-0.39, 0.29) is 6.61 Å². The zero-order chi connectivity index (χ0) is 13.8. The molecule has 19 heavy (non-hydrogen) atoms. The van der Waals surface area contributed by atoms with Crippen molar-refractivity contribution < 1.29 is 9.53 Å². The van der Waals surface area contributed by atoms with Crippen molar-refractivity contribution in [2.75, 3.05) is 0 Å². The molecule has 0 spiro atoms. The van der Waals surface area contributed by atoms with E-state index in [2.05, 4.69) is 0 Å². The minimum absolute atomic E-state index is 0.276. The highest BCUT2D eigenvalue weighted by atomic mass is 35.5. The molecule has 0 aliphatic heterocycles. The maximum absolute atomic E-state index is 11.0. The first-order valence-electron chi connectivity index (χ1n) is 5.42. The van der Waals surface area contributed by atoms with Crippen molar-refractivity contribution in [1.82, 2.24) is 0 Å². The van der Waals surface area contributed by atoms with Gasteiger partial charge in [0, 0.05) is 0 Å². The van der Waals surface area contributed by atoms with Crippen LogP contribution in [0.25, 0.3) is 0 Å². The lowest BCUT2D eigenvalue weighted by Gasteiger charge is -2.10. The molecule has 0 bridgehead atoms. The molecule has 0 atom stereocenters. The summed E-state index contributed by atoms with van der Waals surface area (Å²) in [4.78, 5) is 11.0. The molecular weight excluding hydrogens is 307 g/mol. The third-order valence-corrected chi connectivity index (χ3v) is 3.58. The molecule has 0 fully saturated rings. The second-order valence-corrected chi connectivity index (χ2v) is 5.03. The number of benzene rings is 2. The number of ether oxygens (including phenoxy) is 1. The molecule has 0 saturated carbocycles. The van der Waals surface area contributed by atoms with E-state index in [1.165, 1.54) is 0 Å². The standard InChI is InChI=1S/C14H9Cl3O2/c15-11-2-1-3-14(10(11)7-18)19-8-9-4-5-12(16)13(17)6-9/h1-7H,8H2. The highest BCUT2D eigenvalue weighted by Gasteiger charge is 2.07. The highest BCUT2D eigenvalue weighted by molar-refractivity contribution is 6.42. The number of hydrogen-bond donors (Lipinski definition) is 0. The topological polar surface area (TPSA) is 26.3 Å². The molecule has 0 heterocycles. The molecule has 0 radical (unpaired) electrons. The largest absolute Gasteiger partial charge is 0.488 e. The van der Waals surface area contributed by atoms with Crippen molar-refractivity contribution in [3.8, 4) is 5.75 Å². The molecule has 0 unspecified atom stereocenters. The summed E-state index contributed by atoms with van der Waals surface area (Å²) in [5.41, 5.74) is 1.19. The summed E-state index contributed by atoms with van der Waals surface area (Å²) < 4.78 is 5.57. The molecule has 2 rings (SSSR count). The Labute approximate surface area is 125 Å². The van der Waals surface area contributed by atoms with Crippen molar-refractivity contribution in [2.24, 2.45) is 0 Å². The van der Waals surface area contributed by atoms with Crippen LogP contribution in [0.5, 0.6) is 5.75 Å². The zero-order valence-electron chi connectivity index (χ0n) is 9.70. The number of carbonyl (C=O) groups is 1. The van der Waals surface area contributed by atoms with Crippen LogP contribution in [0.4, 0.5) is 0 Å². The van der Waals surface area contributed by atoms with E-state index < -0.39 is 0 Å². The Morgan fingerprint density at radius 3 is 2.47 bits per heavy atom. The predicted octanol–water partition coefficient (Wildman–Crippen LogP) is 5.04. The quantitative estimate of drug-likeness (QED) is 0.739. The van der Waals surface area contributed by atoms with Gasteiger partial charge in [-0.15, -0.1) is 0 Å². The van der Waals surface area contributed by atoms with E-state index >= 15 is 0 Å². The lowest BCUT2D eigenvalue weighted by molar-refractivity contribution is 0.111. The van der Waals surface area contributed by atoms with Gasteiger partial charge in [0.1, 0.15) is 12.4 Å². The molecular formula is C14H9Cl3O2. The second kappa shape index (κ2) is 6.29. The van der Waals surface area contributed by atoms with Crippen molar-refractivity contribution in [3.63, 3.8) is 0 Å². The minimum atomic E-state index is 0.276. The first-order chi connectivity index (χ1) is 9.11. The normalized spacial score (nSPS) is 10.3. The molecule has 2 nitrogen and oxygen atoms in total. The van der Waals surface area contributed by atoms with Gasteiger partial charge >= 0.3 is 0 Å². The lowest BCUT2D eigenvalue weighted by atomic mass is 10.2. The molecule has 2 aromatic carbocycles. The maximum atomic E-state index is 11.0. The van der Waals surface area contributed by atoms with Crippen LogP contribution in [-0.2, 0) is 6.61 Å². The van der Waals surface area contributed by atoms with Crippen LogP contribution in [0.2, 0.25) is 15.1 Å². The highest BCUT2D eigenvalue weighted by Crippen LogP contribution is 2.27. The monoisotopic (exact) mass is 314 g/mol. The van der Waals surface area contributed by atoms with Gasteiger partial charge < -0.3 is 4.74 Å². The number of hydrogen-bond acceptors (Lipinski definition) is 2. The third kappa shape index (κ3) is 3.41. The van der Waals surface area contributed by atoms with Crippen molar-refractivity contribution in [1.29, 1.82) is 0 Å². The van der Waals surface area contributed by atoms with E-state index in [4.69, 9.17) is 39.5 Å². The summed E-state index contributed by atoms with van der Waals surface area (Å²) in [7, 11) is 0. The smallest absolute Gasteiger partial charge is 0.155 e. The van der Waals surface area contributed by atoms with Gasteiger partial charge in [0.2, 0.25) is 0 Å². The summed E-state index contributed by atoms with van der Waals surface area (Å²) in [5.74, 6) is 0.438. The van der Waals surface area contributed by atoms with Crippen molar-refractivity contribution >= 4 is 41.1 Å². The van der Waals surface area contributed by atoms with Gasteiger partial charge in [0.25, 0.3) is 0 Å². The van der Waals surface area contributed by atoms with Crippen molar-refractivity contribution in [3.05, 3.63) is 62.6 Å². The number of carbonyl (C=O) groups excluding carboxylic acids is 1. The Kier molecular flexibility index (Phi) is 4.70. The number of rotatable bonds is 4. The molecule has 0 amide bonds. The van der Waals surface area contributed by atoms with Crippen molar-refractivity contribution in [2.45, 2.75) is 6.61 Å². The van der Waals surface area contributed by atoms with Crippen LogP contribution in [0.1, 0.15) is 15.9 Å². The summed E-state index contributed by atoms with van der Waals surface area (Å²) in [6.45, 7) is 0.276. The molecule has 2 aromatic rings. The first kappa shape index (κ1) is 14.2. The first-order valence-corrected chi connectivity index (χ1v) is 6.55. The Hall–Kier alpha value is -1.22. The third-order valence-electron chi connectivity index (χ3n) is 2.51. The maximum Gasteiger partial charge on any atom is 0.155 e. The summed E-state index contributed by atoms with van der Waals surface area (Å²) in [6, 6.07) is 10.3. The zero-order valence-corrected chi connectivity index (χ0v) is 12.0. The van der Waals surface area contributed by atoms with Gasteiger partial charge in [-0.2, -0.15) is 0 Å². The van der Waals surface area contributed by atoms with Crippen LogP contribution in [-0.4, -0.2) is 6.29 Å². The van der Waals surface area contributed by atoms with E-state index in [1.807, 2.05) is 0 Å². The molecule has 0 saturated heterocycles. The molecule has 0 N–H and O–H groups in total. The molecule has 5 heteroatoms. The fourth-order valence-electron chi connectivity index (χ4n) is 1.55. The average molecular weight is 316 g/mol. The minimum Gasteiger partial charge on any atom is -0.488 e. The fraction of sp³-hybridized carbons (Fsp3) is 0.0714. The Bertz CT molecular complexity index is 612. The second-order valence-electron chi connectivity index (χ2n) is 3.81. The summed E-state index contributed by atoms with van der Waals surface area (Å²) in [5, 5.41) is 1.31. The number of aldehydes is 1. The van der Waals surface area contributed by atoms with Crippen LogP contribution in [0, 0.1) is 0 Å². The fourth-order valence-corrected chi connectivity index (χ4v) is 2.08. The summed E-state index contributed by atoms with van der Waals surface area (Å²) in [6.07, 6.45) is 0.673. The van der Waals surface area contributed by atoms with Gasteiger partial charge in [-0.05, 0) is 29.8 Å². The molecule has 0 aliphatic carbocycles. The summed E-state index contributed by atoms with van der Waals surface area (Å²) >= 11 is 17.7. The Balaban J connectivity index is 2.16. The van der Waals surface area contributed by atoms with Gasteiger partial charge in [0.15, 0.2) is 6.29 Å².